The second kappa shape index (κ2) is 6.91. The van der Waals surface area contributed by atoms with Crippen LogP contribution in [0.1, 0.15) is 32.1 Å². The topological polar surface area (TPSA) is 64.1 Å². The lowest BCUT2D eigenvalue weighted by atomic mass is 9.79. The van der Waals surface area contributed by atoms with Crippen molar-refractivity contribution >= 4 is 10.2 Å². The molecule has 0 atom stereocenters. The zero-order valence-electron chi connectivity index (χ0n) is 13.3. The molecule has 2 aliphatic heterocycles. The molecule has 0 unspecified atom stereocenters. The van der Waals surface area contributed by atoms with Crippen LogP contribution in [0.3, 0.4) is 0 Å². The lowest BCUT2D eigenvalue weighted by Gasteiger charge is -2.43. The fraction of sp³-hybridized carbons (Fsp3) is 1.00. The van der Waals surface area contributed by atoms with Crippen LogP contribution in [0.25, 0.3) is 0 Å². The summed E-state index contributed by atoms with van der Waals surface area (Å²) in [5.41, 5.74) is -0.155. The van der Waals surface area contributed by atoms with Crippen LogP contribution in [-0.4, -0.2) is 80.5 Å². The molecular weight excluding hydrogens is 290 g/mol. The molecule has 124 valence electrons. The van der Waals surface area contributed by atoms with Crippen LogP contribution in [0, 0.1) is 5.41 Å². The van der Waals surface area contributed by atoms with Gasteiger partial charge in [-0.15, -0.1) is 0 Å². The number of hydrogen-bond donors (Lipinski definition) is 1. The Balaban J connectivity index is 1.99. The number of nitrogens with zero attached hydrogens (tertiary/aromatic N) is 3. The molecule has 0 bridgehead atoms. The molecule has 0 saturated carbocycles. The first kappa shape index (κ1) is 17.1. The zero-order chi connectivity index (χ0) is 15.5. The first-order valence-electron chi connectivity index (χ1n) is 7.90. The van der Waals surface area contributed by atoms with Crippen molar-refractivity contribution in [3.8, 4) is 0 Å². The Morgan fingerprint density at radius 2 is 1.52 bits per heavy atom. The van der Waals surface area contributed by atoms with Crippen LogP contribution in [0.2, 0.25) is 0 Å². The van der Waals surface area contributed by atoms with E-state index in [0.717, 1.165) is 38.6 Å². The first-order valence-corrected chi connectivity index (χ1v) is 9.30. The van der Waals surface area contributed by atoms with Crippen LogP contribution in [0.4, 0.5) is 0 Å². The normalized spacial score (nSPS) is 25.3. The van der Waals surface area contributed by atoms with E-state index in [2.05, 4.69) is 4.90 Å². The molecule has 0 aromatic heterocycles. The Kier molecular flexibility index (Phi) is 5.65. The Hall–Kier alpha value is -0.210. The zero-order valence-corrected chi connectivity index (χ0v) is 14.1. The van der Waals surface area contributed by atoms with Gasteiger partial charge in [0.2, 0.25) is 0 Å². The van der Waals surface area contributed by atoms with Gasteiger partial charge in [-0.05, 0) is 39.8 Å². The van der Waals surface area contributed by atoms with Gasteiger partial charge in [0.25, 0.3) is 10.2 Å². The second-order valence-corrected chi connectivity index (χ2v) is 8.69. The van der Waals surface area contributed by atoms with Gasteiger partial charge in [-0.25, -0.2) is 0 Å². The molecule has 21 heavy (non-hydrogen) atoms. The fourth-order valence-electron chi connectivity index (χ4n) is 3.49. The Labute approximate surface area is 128 Å². The van der Waals surface area contributed by atoms with Gasteiger partial charge < -0.3 is 10.0 Å². The number of aliphatic hydroxyl groups excluding tert-OH is 1. The van der Waals surface area contributed by atoms with Crippen molar-refractivity contribution in [2.45, 2.75) is 32.1 Å². The minimum absolute atomic E-state index is 0.128. The molecule has 2 aliphatic rings. The second-order valence-electron chi connectivity index (χ2n) is 6.76. The molecule has 6 nitrogen and oxygen atoms in total. The molecule has 0 aliphatic carbocycles. The summed E-state index contributed by atoms with van der Waals surface area (Å²) in [6.07, 6.45) is 4.52. The average Bonchev–Trinajstić information content (AvgIpc) is 2.48. The van der Waals surface area contributed by atoms with Crippen molar-refractivity contribution in [1.29, 1.82) is 0 Å². The molecular formula is C14H29N3O3S. The highest BCUT2D eigenvalue weighted by atomic mass is 32.2. The van der Waals surface area contributed by atoms with Crippen LogP contribution in [0.5, 0.6) is 0 Å². The van der Waals surface area contributed by atoms with E-state index in [0.29, 0.717) is 26.2 Å². The molecule has 0 spiro atoms. The highest BCUT2D eigenvalue weighted by molar-refractivity contribution is 7.86. The third kappa shape index (κ3) is 3.96. The average molecular weight is 319 g/mol. The number of rotatable bonds is 5. The Bertz CT molecular complexity index is 425. The van der Waals surface area contributed by atoms with Gasteiger partial charge in [0, 0.05) is 38.1 Å². The summed E-state index contributed by atoms with van der Waals surface area (Å²) < 4.78 is 28.5. The maximum Gasteiger partial charge on any atom is 0.281 e. The highest BCUT2D eigenvalue weighted by Gasteiger charge is 2.40. The summed E-state index contributed by atoms with van der Waals surface area (Å²) in [7, 11) is 0.688. The van der Waals surface area contributed by atoms with Crippen molar-refractivity contribution in [2.75, 3.05) is 53.4 Å². The minimum atomic E-state index is -3.30. The Morgan fingerprint density at radius 3 is 2.00 bits per heavy atom. The van der Waals surface area contributed by atoms with Crippen molar-refractivity contribution < 1.29 is 13.5 Å². The van der Waals surface area contributed by atoms with Crippen molar-refractivity contribution in [3.63, 3.8) is 0 Å². The van der Waals surface area contributed by atoms with E-state index in [1.54, 1.807) is 8.61 Å². The number of aliphatic hydroxyl groups is 1. The molecule has 0 radical (unpaired) electrons. The van der Waals surface area contributed by atoms with Gasteiger partial charge in [-0.2, -0.15) is 17.0 Å². The van der Waals surface area contributed by atoms with E-state index in [1.807, 2.05) is 14.1 Å². The summed E-state index contributed by atoms with van der Waals surface area (Å²) in [4.78, 5) is 2.07. The van der Waals surface area contributed by atoms with Crippen molar-refractivity contribution in [1.82, 2.24) is 13.5 Å². The maximum atomic E-state index is 12.6. The van der Waals surface area contributed by atoms with E-state index in [1.165, 1.54) is 0 Å². The van der Waals surface area contributed by atoms with Crippen LogP contribution in [-0.2, 0) is 10.2 Å². The largest absolute Gasteiger partial charge is 0.396 e. The molecule has 0 aromatic carbocycles. The Morgan fingerprint density at radius 1 is 1.00 bits per heavy atom. The van der Waals surface area contributed by atoms with Crippen LogP contribution in [0.15, 0.2) is 0 Å². The predicted molar refractivity (Wildman–Crippen MR) is 83.2 cm³/mol. The predicted octanol–water partition coefficient (Wildman–Crippen LogP) is 0.353. The number of hydrogen-bond acceptors (Lipinski definition) is 4. The third-order valence-corrected chi connectivity index (χ3v) is 6.77. The molecule has 2 heterocycles. The van der Waals surface area contributed by atoms with Crippen molar-refractivity contribution in [2.24, 2.45) is 5.41 Å². The summed E-state index contributed by atoms with van der Waals surface area (Å²) in [5, 5.41) is 9.72. The quantitative estimate of drug-likeness (QED) is 0.794. The molecule has 2 fully saturated rings. The van der Waals surface area contributed by atoms with E-state index < -0.39 is 10.2 Å². The van der Waals surface area contributed by atoms with E-state index >= 15 is 0 Å². The van der Waals surface area contributed by atoms with Gasteiger partial charge in [-0.3, -0.25) is 0 Å². The van der Waals surface area contributed by atoms with Gasteiger partial charge in [0.1, 0.15) is 0 Å². The number of piperidine rings is 2. The van der Waals surface area contributed by atoms with E-state index in [4.69, 9.17) is 0 Å². The summed E-state index contributed by atoms with van der Waals surface area (Å²) >= 11 is 0. The summed E-state index contributed by atoms with van der Waals surface area (Å²) in [6.45, 7) is 3.29. The summed E-state index contributed by atoms with van der Waals surface area (Å²) in [6, 6.07) is 0. The minimum Gasteiger partial charge on any atom is -0.396 e. The van der Waals surface area contributed by atoms with Gasteiger partial charge in [0.15, 0.2) is 0 Å². The van der Waals surface area contributed by atoms with E-state index in [9.17, 15) is 13.5 Å². The highest BCUT2D eigenvalue weighted by Crippen LogP contribution is 2.33. The first-order chi connectivity index (χ1) is 9.89. The van der Waals surface area contributed by atoms with Crippen LogP contribution < -0.4 is 0 Å². The smallest absolute Gasteiger partial charge is 0.281 e. The van der Waals surface area contributed by atoms with Gasteiger partial charge in [0.05, 0.1) is 6.61 Å². The molecule has 2 rings (SSSR count). The standard InChI is InChI=1S/C14H29N3O3S/c1-15(2)12-14(13-18)6-10-17(11-7-14)21(19,20)16-8-4-3-5-9-16/h18H,3-13H2,1-2H3. The SMILES string of the molecule is CN(C)CC1(CO)CCN(S(=O)(=O)N2CCCCC2)CC1. The molecule has 0 aromatic rings. The van der Waals surface area contributed by atoms with Crippen LogP contribution >= 0.6 is 0 Å². The van der Waals surface area contributed by atoms with E-state index in [-0.39, 0.29) is 12.0 Å². The fourth-order valence-corrected chi connectivity index (χ4v) is 5.18. The molecule has 7 heteroatoms. The van der Waals surface area contributed by atoms with Gasteiger partial charge >= 0.3 is 0 Å². The third-order valence-electron chi connectivity index (χ3n) is 4.74. The summed E-state index contributed by atoms with van der Waals surface area (Å²) in [5.74, 6) is 0. The monoisotopic (exact) mass is 319 g/mol. The molecule has 2 saturated heterocycles. The van der Waals surface area contributed by atoms with Gasteiger partial charge in [-0.1, -0.05) is 6.42 Å². The molecule has 0 amide bonds. The lowest BCUT2D eigenvalue weighted by molar-refractivity contribution is 0.0427. The molecule has 1 N–H and O–H groups in total. The van der Waals surface area contributed by atoms with Crippen molar-refractivity contribution in [3.05, 3.63) is 0 Å². The lowest BCUT2D eigenvalue weighted by Crippen LogP contribution is -2.52. The maximum absolute atomic E-state index is 12.6.